The minimum Gasteiger partial charge on any atom is -0.345 e. The molecule has 1 aliphatic carbocycles. The number of rotatable bonds is 3. The van der Waals surface area contributed by atoms with Gasteiger partial charge in [0.2, 0.25) is 0 Å². The van der Waals surface area contributed by atoms with E-state index in [0.29, 0.717) is 0 Å². The van der Waals surface area contributed by atoms with E-state index in [4.69, 9.17) is 0 Å². The number of aryl methyl sites for hydroxylation is 2. The van der Waals surface area contributed by atoms with Crippen molar-refractivity contribution in [1.29, 1.82) is 0 Å². The van der Waals surface area contributed by atoms with Crippen LogP contribution in [0.5, 0.6) is 0 Å². The highest BCUT2D eigenvalue weighted by Gasteiger charge is 2.35. The van der Waals surface area contributed by atoms with E-state index in [0.717, 1.165) is 39.7 Å². The molecule has 0 radical (unpaired) electrons. The van der Waals surface area contributed by atoms with Crippen LogP contribution in [-0.2, 0) is 0 Å². The molecule has 5 heteroatoms. The van der Waals surface area contributed by atoms with Gasteiger partial charge in [0.15, 0.2) is 0 Å². The first-order valence-electron chi connectivity index (χ1n) is 6.78. The summed E-state index contributed by atoms with van der Waals surface area (Å²) in [5, 5.41) is 5.04. The van der Waals surface area contributed by atoms with Crippen molar-refractivity contribution in [1.82, 2.24) is 10.3 Å². The van der Waals surface area contributed by atoms with Gasteiger partial charge in [0.25, 0.3) is 5.91 Å². The number of amides is 1. The standard InChI is InChI=1S/C14H21BrN2OS/c1-9-4-6-14(8-15,7-5-9)17-13(18)12-10(2)16-11(3)19-12/h9H,4-8H2,1-3H3,(H,17,18). The quantitative estimate of drug-likeness (QED) is 0.846. The van der Waals surface area contributed by atoms with Gasteiger partial charge >= 0.3 is 0 Å². The molecule has 0 spiro atoms. The van der Waals surface area contributed by atoms with Gasteiger partial charge in [0.1, 0.15) is 4.88 Å². The Morgan fingerprint density at radius 3 is 2.58 bits per heavy atom. The third-order valence-electron chi connectivity index (χ3n) is 3.98. The van der Waals surface area contributed by atoms with Crippen molar-refractivity contribution in [3.8, 4) is 0 Å². The summed E-state index contributed by atoms with van der Waals surface area (Å²) in [5.74, 6) is 0.813. The molecule has 0 saturated heterocycles. The smallest absolute Gasteiger partial charge is 0.263 e. The number of hydrogen-bond acceptors (Lipinski definition) is 3. The predicted molar refractivity (Wildman–Crippen MR) is 83.2 cm³/mol. The van der Waals surface area contributed by atoms with Gasteiger partial charge in [-0.05, 0) is 45.4 Å². The fourth-order valence-electron chi connectivity index (χ4n) is 2.65. The lowest BCUT2D eigenvalue weighted by molar-refractivity contribution is 0.0878. The van der Waals surface area contributed by atoms with E-state index in [-0.39, 0.29) is 11.4 Å². The fraction of sp³-hybridized carbons (Fsp3) is 0.714. The number of thiazole rings is 1. The normalized spacial score (nSPS) is 27.3. The highest BCUT2D eigenvalue weighted by atomic mass is 79.9. The van der Waals surface area contributed by atoms with Gasteiger partial charge in [-0.15, -0.1) is 11.3 Å². The molecule has 1 aromatic heterocycles. The molecule has 1 aromatic rings. The lowest BCUT2D eigenvalue weighted by atomic mass is 9.78. The molecule has 1 fully saturated rings. The molecule has 0 atom stereocenters. The van der Waals surface area contributed by atoms with Crippen LogP contribution in [0.25, 0.3) is 0 Å². The zero-order valence-corrected chi connectivity index (χ0v) is 14.2. The predicted octanol–water partition coefficient (Wildman–Crippen LogP) is 3.83. The van der Waals surface area contributed by atoms with E-state index in [1.807, 2.05) is 13.8 Å². The van der Waals surface area contributed by atoms with Crippen LogP contribution in [0.2, 0.25) is 0 Å². The molecule has 106 valence electrons. The first-order valence-corrected chi connectivity index (χ1v) is 8.72. The van der Waals surface area contributed by atoms with Crippen LogP contribution in [0.4, 0.5) is 0 Å². The molecule has 3 nitrogen and oxygen atoms in total. The molecular weight excluding hydrogens is 324 g/mol. The molecule has 19 heavy (non-hydrogen) atoms. The number of halogens is 1. The topological polar surface area (TPSA) is 42.0 Å². The second kappa shape index (κ2) is 5.92. The van der Waals surface area contributed by atoms with Gasteiger partial charge in [-0.1, -0.05) is 22.9 Å². The number of carbonyl (C=O) groups is 1. The van der Waals surface area contributed by atoms with Crippen LogP contribution < -0.4 is 5.32 Å². The second-order valence-electron chi connectivity index (χ2n) is 5.70. The Morgan fingerprint density at radius 2 is 2.11 bits per heavy atom. The van der Waals surface area contributed by atoms with E-state index < -0.39 is 0 Å². The van der Waals surface area contributed by atoms with Gasteiger partial charge in [-0.2, -0.15) is 0 Å². The molecule has 1 saturated carbocycles. The third kappa shape index (κ3) is 3.37. The monoisotopic (exact) mass is 344 g/mol. The Hall–Kier alpha value is -0.420. The van der Waals surface area contributed by atoms with Crippen molar-refractivity contribution in [3.05, 3.63) is 15.6 Å². The van der Waals surface area contributed by atoms with Gasteiger partial charge < -0.3 is 5.32 Å². The first kappa shape index (κ1) is 15.0. The SMILES string of the molecule is Cc1nc(C)c(C(=O)NC2(CBr)CCC(C)CC2)s1. The number of nitrogens with zero attached hydrogens (tertiary/aromatic N) is 1. The summed E-state index contributed by atoms with van der Waals surface area (Å²) in [6.07, 6.45) is 4.49. The Balaban J connectivity index is 2.10. The molecule has 1 amide bonds. The number of aromatic nitrogens is 1. The van der Waals surface area contributed by atoms with Crippen molar-refractivity contribution in [2.75, 3.05) is 5.33 Å². The summed E-state index contributed by atoms with van der Waals surface area (Å²) in [6, 6.07) is 0. The van der Waals surface area contributed by atoms with Crippen molar-refractivity contribution in [2.45, 2.75) is 52.0 Å². The van der Waals surface area contributed by atoms with Gasteiger partial charge in [-0.3, -0.25) is 4.79 Å². The van der Waals surface area contributed by atoms with E-state index in [1.54, 1.807) is 0 Å². The van der Waals surface area contributed by atoms with Crippen molar-refractivity contribution in [2.24, 2.45) is 5.92 Å². The third-order valence-corrected chi connectivity index (χ3v) is 6.12. The maximum atomic E-state index is 12.4. The molecule has 1 heterocycles. The number of hydrogen-bond donors (Lipinski definition) is 1. The van der Waals surface area contributed by atoms with Gasteiger partial charge in [-0.25, -0.2) is 4.98 Å². The maximum absolute atomic E-state index is 12.4. The summed E-state index contributed by atoms with van der Waals surface area (Å²) >= 11 is 5.07. The van der Waals surface area contributed by atoms with E-state index in [2.05, 4.69) is 33.2 Å². The average molecular weight is 345 g/mol. The van der Waals surface area contributed by atoms with E-state index in [9.17, 15) is 4.79 Å². The Labute approximate surface area is 127 Å². The molecule has 0 bridgehead atoms. The fourth-order valence-corrected chi connectivity index (χ4v) is 4.16. The number of nitrogens with one attached hydrogen (secondary N) is 1. The molecule has 0 aliphatic heterocycles. The Morgan fingerprint density at radius 1 is 1.47 bits per heavy atom. The lowest BCUT2D eigenvalue weighted by Crippen LogP contribution is -2.52. The molecule has 1 N–H and O–H groups in total. The summed E-state index contributed by atoms with van der Waals surface area (Å²) in [4.78, 5) is 17.5. The molecule has 0 unspecified atom stereocenters. The van der Waals surface area contributed by atoms with E-state index >= 15 is 0 Å². The first-order chi connectivity index (χ1) is 8.96. The van der Waals surface area contributed by atoms with Crippen LogP contribution >= 0.6 is 27.3 Å². The number of carbonyl (C=O) groups excluding carboxylic acids is 1. The zero-order valence-electron chi connectivity index (χ0n) is 11.8. The summed E-state index contributed by atoms with van der Waals surface area (Å²) in [6.45, 7) is 6.13. The lowest BCUT2D eigenvalue weighted by Gasteiger charge is -2.38. The van der Waals surface area contributed by atoms with Crippen LogP contribution in [0.1, 0.15) is 53.0 Å². The molecule has 2 rings (SSSR count). The van der Waals surface area contributed by atoms with Crippen molar-refractivity contribution >= 4 is 33.2 Å². The van der Waals surface area contributed by atoms with Crippen LogP contribution in [0.3, 0.4) is 0 Å². The van der Waals surface area contributed by atoms with Crippen LogP contribution in [0.15, 0.2) is 0 Å². The maximum Gasteiger partial charge on any atom is 0.263 e. The summed E-state index contributed by atoms with van der Waals surface area (Å²) < 4.78 is 0. The molecule has 0 aromatic carbocycles. The largest absolute Gasteiger partial charge is 0.345 e. The minimum absolute atomic E-state index is 0.0390. The van der Waals surface area contributed by atoms with E-state index in [1.165, 1.54) is 24.2 Å². The minimum atomic E-state index is -0.0755. The molecule has 1 aliphatic rings. The zero-order chi connectivity index (χ0) is 14.0. The Kier molecular flexibility index (Phi) is 4.66. The summed E-state index contributed by atoms with van der Waals surface area (Å²) in [7, 11) is 0. The highest BCUT2D eigenvalue weighted by Crippen LogP contribution is 2.33. The van der Waals surface area contributed by atoms with Gasteiger partial charge in [0.05, 0.1) is 16.2 Å². The Bertz CT molecular complexity index is 464. The highest BCUT2D eigenvalue weighted by molar-refractivity contribution is 9.09. The van der Waals surface area contributed by atoms with Crippen LogP contribution in [-0.4, -0.2) is 21.8 Å². The average Bonchev–Trinajstić information content (AvgIpc) is 2.72. The van der Waals surface area contributed by atoms with Crippen LogP contribution in [0, 0.1) is 19.8 Å². The second-order valence-corrected chi connectivity index (χ2v) is 7.46. The number of alkyl halides is 1. The van der Waals surface area contributed by atoms with Crippen molar-refractivity contribution in [3.63, 3.8) is 0 Å². The van der Waals surface area contributed by atoms with Crippen molar-refractivity contribution < 1.29 is 4.79 Å². The van der Waals surface area contributed by atoms with Gasteiger partial charge in [0, 0.05) is 5.33 Å². The summed E-state index contributed by atoms with van der Waals surface area (Å²) in [5.41, 5.74) is 0.766. The molecular formula is C14H21BrN2OS.